The molecule has 1 aliphatic heterocycles. The predicted molar refractivity (Wildman–Crippen MR) is 111 cm³/mol. The first-order valence-electron chi connectivity index (χ1n) is 10.7. The van der Waals surface area contributed by atoms with E-state index < -0.39 is 5.82 Å². The monoisotopic (exact) mass is 434 g/mol. The number of ether oxygens (including phenoxy) is 1. The van der Waals surface area contributed by atoms with Crippen molar-refractivity contribution in [2.75, 3.05) is 13.2 Å². The Bertz CT molecular complexity index is 1070. The van der Waals surface area contributed by atoms with Crippen LogP contribution in [0, 0.1) is 40.3 Å². The van der Waals surface area contributed by atoms with Gasteiger partial charge in [-0.15, -0.1) is 0 Å². The number of aromatic nitrogens is 1. The lowest BCUT2D eigenvalue weighted by Crippen LogP contribution is -2.37. The molecule has 32 heavy (non-hydrogen) atoms. The van der Waals surface area contributed by atoms with Crippen molar-refractivity contribution in [1.29, 1.82) is 10.5 Å². The number of pyridine rings is 1. The molecule has 1 aromatic carbocycles. The molecule has 2 heterocycles. The zero-order chi connectivity index (χ0) is 22.5. The van der Waals surface area contributed by atoms with Gasteiger partial charge >= 0.3 is 0 Å². The van der Waals surface area contributed by atoms with E-state index in [1.165, 1.54) is 17.2 Å². The van der Waals surface area contributed by atoms with E-state index >= 15 is 0 Å². The number of rotatable bonds is 5. The summed E-state index contributed by atoms with van der Waals surface area (Å²) in [5.74, 6) is 0.226. The summed E-state index contributed by atoms with van der Waals surface area (Å²) in [7, 11) is 0. The molecule has 1 saturated heterocycles. The smallest absolute Gasteiger partial charge is 0.249 e. The number of carbonyl (C=O) groups excluding carboxylic acids is 1. The van der Waals surface area contributed by atoms with Gasteiger partial charge in [0, 0.05) is 24.6 Å². The van der Waals surface area contributed by atoms with Crippen molar-refractivity contribution >= 4 is 5.91 Å². The largest absolute Gasteiger partial charge is 0.493 e. The molecule has 1 amide bonds. The SMILES string of the molecule is N#Cc1cc(F)cc([C@@H]2CCON2C(=O)[C@H]2CC[C@H](COc3ccnc(C#N)c3)CC2)c1. The fraction of sp³-hybridized carbons (Fsp3) is 0.417. The summed E-state index contributed by atoms with van der Waals surface area (Å²) in [5.41, 5.74) is 1.14. The van der Waals surface area contributed by atoms with E-state index in [9.17, 15) is 9.18 Å². The summed E-state index contributed by atoms with van der Waals surface area (Å²) in [6.07, 6.45) is 5.28. The zero-order valence-electron chi connectivity index (χ0n) is 17.5. The number of nitriles is 2. The topological polar surface area (TPSA) is 99.2 Å². The summed E-state index contributed by atoms with van der Waals surface area (Å²) in [6.45, 7) is 0.910. The van der Waals surface area contributed by atoms with E-state index in [1.54, 1.807) is 24.4 Å². The number of amides is 1. The second kappa shape index (κ2) is 9.76. The minimum Gasteiger partial charge on any atom is -0.493 e. The molecule has 0 radical (unpaired) electrons. The second-order valence-corrected chi connectivity index (χ2v) is 8.20. The molecular formula is C24H23FN4O3. The first kappa shape index (κ1) is 21.7. The molecule has 0 spiro atoms. The van der Waals surface area contributed by atoms with E-state index in [2.05, 4.69) is 4.98 Å². The van der Waals surface area contributed by atoms with Gasteiger partial charge in [0.15, 0.2) is 0 Å². The van der Waals surface area contributed by atoms with Gasteiger partial charge < -0.3 is 4.74 Å². The fourth-order valence-corrected chi connectivity index (χ4v) is 4.39. The minimum absolute atomic E-state index is 0.0811. The molecule has 4 rings (SSSR count). The average Bonchev–Trinajstić information content (AvgIpc) is 3.32. The molecule has 2 fully saturated rings. The molecule has 1 aromatic heterocycles. The number of nitrogens with zero attached hydrogens (tertiary/aromatic N) is 4. The number of halogens is 1. The molecule has 0 N–H and O–H groups in total. The van der Waals surface area contributed by atoms with Gasteiger partial charge in [0.05, 0.1) is 30.9 Å². The first-order valence-corrected chi connectivity index (χ1v) is 10.7. The number of benzene rings is 1. The van der Waals surface area contributed by atoms with E-state index in [1.807, 2.05) is 12.1 Å². The average molecular weight is 434 g/mol. The zero-order valence-corrected chi connectivity index (χ0v) is 17.5. The molecule has 8 heteroatoms. The number of hydrogen-bond donors (Lipinski definition) is 0. The van der Waals surface area contributed by atoms with E-state index in [4.69, 9.17) is 20.1 Å². The number of carbonyl (C=O) groups is 1. The van der Waals surface area contributed by atoms with E-state index in [0.29, 0.717) is 42.6 Å². The van der Waals surface area contributed by atoms with Crippen LogP contribution >= 0.6 is 0 Å². The lowest BCUT2D eigenvalue weighted by molar-refractivity contribution is -0.183. The highest BCUT2D eigenvalue weighted by Gasteiger charge is 2.37. The highest BCUT2D eigenvalue weighted by atomic mass is 19.1. The van der Waals surface area contributed by atoms with Gasteiger partial charge in [-0.2, -0.15) is 10.5 Å². The Hall–Kier alpha value is -3.49. The molecule has 7 nitrogen and oxygen atoms in total. The first-order chi connectivity index (χ1) is 15.6. The molecule has 1 aliphatic carbocycles. The van der Waals surface area contributed by atoms with Crippen LogP contribution in [0.5, 0.6) is 5.75 Å². The summed E-state index contributed by atoms with van der Waals surface area (Å²) in [5, 5.41) is 19.4. The maximum Gasteiger partial charge on any atom is 0.249 e. The Labute approximate surface area is 185 Å². The quantitative estimate of drug-likeness (QED) is 0.704. The minimum atomic E-state index is -0.491. The van der Waals surface area contributed by atoms with Gasteiger partial charge in [-0.05, 0) is 61.4 Å². The van der Waals surface area contributed by atoms with Crippen LogP contribution < -0.4 is 4.74 Å². The summed E-state index contributed by atoms with van der Waals surface area (Å²) >= 11 is 0. The third-order valence-corrected chi connectivity index (χ3v) is 6.08. The van der Waals surface area contributed by atoms with Crippen molar-refractivity contribution in [2.45, 2.75) is 38.1 Å². The van der Waals surface area contributed by atoms with E-state index in [-0.39, 0.29) is 23.4 Å². The van der Waals surface area contributed by atoms with Crippen LogP contribution in [0.15, 0.2) is 36.5 Å². The molecule has 2 aromatic rings. The predicted octanol–water partition coefficient (Wildman–Crippen LogP) is 4.05. The van der Waals surface area contributed by atoms with Crippen molar-refractivity contribution in [1.82, 2.24) is 10.0 Å². The van der Waals surface area contributed by atoms with E-state index in [0.717, 1.165) is 25.7 Å². The summed E-state index contributed by atoms with van der Waals surface area (Å²) in [4.78, 5) is 22.7. The van der Waals surface area contributed by atoms with Crippen molar-refractivity contribution in [3.05, 3.63) is 59.2 Å². The Balaban J connectivity index is 1.33. The number of hydroxylamine groups is 2. The van der Waals surface area contributed by atoms with Gasteiger partial charge in [-0.1, -0.05) is 0 Å². The molecule has 1 atom stereocenters. The van der Waals surface area contributed by atoms with Gasteiger partial charge in [0.1, 0.15) is 23.3 Å². The van der Waals surface area contributed by atoms with Crippen LogP contribution in [0.3, 0.4) is 0 Å². The maximum atomic E-state index is 13.9. The van der Waals surface area contributed by atoms with Crippen molar-refractivity contribution in [3.63, 3.8) is 0 Å². The van der Waals surface area contributed by atoms with Crippen LogP contribution in [0.1, 0.15) is 55.0 Å². The molecule has 1 saturated carbocycles. The van der Waals surface area contributed by atoms with Gasteiger partial charge in [0.25, 0.3) is 0 Å². The summed E-state index contributed by atoms with van der Waals surface area (Å²) in [6, 6.07) is 11.1. The summed E-state index contributed by atoms with van der Waals surface area (Å²) < 4.78 is 19.7. The molecule has 164 valence electrons. The third-order valence-electron chi connectivity index (χ3n) is 6.08. The van der Waals surface area contributed by atoms with Crippen LogP contribution in [0.25, 0.3) is 0 Å². The van der Waals surface area contributed by atoms with Crippen LogP contribution in [-0.2, 0) is 9.63 Å². The molecule has 2 aliphatic rings. The molecule has 0 bridgehead atoms. The third kappa shape index (κ3) is 4.87. The molecular weight excluding hydrogens is 411 g/mol. The van der Waals surface area contributed by atoms with Gasteiger partial charge in [-0.25, -0.2) is 14.4 Å². The van der Waals surface area contributed by atoms with Crippen molar-refractivity contribution in [2.24, 2.45) is 11.8 Å². The Morgan fingerprint density at radius 3 is 2.72 bits per heavy atom. The maximum absolute atomic E-state index is 13.9. The lowest BCUT2D eigenvalue weighted by atomic mass is 9.81. The standard InChI is InChI=1S/C24H23FN4O3/c25-20-10-17(13-26)9-19(11-20)23-6-8-32-29(23)24(30)18-3-1-16(2-4-18)15-31-22-5-7-28-21(12-22)14-27/h5,7,9-12,16,18,23H,1-4,6,8,15H2/t16-,18-,23-/m0/s1. The van der Waals surface area contributed by atoms with Gasteiger partial charge in [0.2, 0.25) is 5.91 Å². The van der Waals surface area contributed by atoms with Crippen LogP contribution in [0.4, 0.5) is 4.39 Å². The Kier molecular flexibility index (Phi) is 6.63. The highest BCUT2D eigenvalue weighted by Crippen LogP contribution is 2.36. The van der Waals surface area contributed by atoms with Crippen LogP contribution in [0.2, 0.25) is 0 Å². The van der Waals surface area contributed by atoms with Crippen molar-refractivity contribution < 1.29 is 18.8 Å². The van der Waals surface area contributed by atoms with Crippen molar-refractivity contribution in [3.8, 4) is 17.9 Å². The number of hydrogen-bond acceptors (Lipinski definition) is 6. The highest BCUT2D eigenvalue weighted by molar-refractivity contribution is 5.78. The normalized spacial score (nSPS) is 22.7. The fourth-order valence-electron chi connectivity index (χ4n) is 4.39. The Morgan fingerprint density at radius 2 is 1.97 bits per heavy atom. The second-order valence-electron chi connectivity index (χ2n) is 8.20. The molecule has 0 unspecified atom stereocenters. The Morgan fingerprint density at radius 1 is 1.16 bits per heavy atom. The lowest BCUT2D eigenvalue weighted by Gasteiger charge is -2.32. The van der Waals surface area contributed by atoms with Crippen LogP contribution in [-0.4, -0.2) is 29.2 Å². The van der Waals surface area contributed by atoms with Gasteiger partial charge in [-0.3, -0.25) is 9.63 Å².